The van der Waals surface area contributed by atoms with Crippen LogP contribution in [0.25, 0.3) is 0 Å². The van der Waals surface area contributed by atoms with Crippen LogP contribution >= 0.6 is 0 Å². The van der Waals surface area contributed by atoms with Crippen molar-refractivity contribution in [2.24, 2.45) is 5.73 Å². The van der Waals surface area contributed by atoms with Crippen LogP contribution in [0.2, 0.25) is 0 Å². The van der Waals surface area contributed by atoms with Crippen LogP contribution in [0, 0.1) is 0 Å². The van der Waals surface area contributed by atoms with Gasteiger partial charge in [0.2, 0.25) is 5.91 Å². The molecule has 0 radical (unpaired) electrons. The Morgan fingerprint density at radius 2 is 2.06 bits per heavy atom. The Hall–Kier alpha value is -1.39. The second kappa shape index (κ2) is 7.04. The van der Waals surface area contributed by atoms with Gasteiger partial charge in [0.25, 0.3) is 0 Å². The van der Waals surface area contributed by atoms with Crippen LogP contribution in [0.15, 0.2) is 30.3 Å². The number of methoxy groups -OCH3 is 1. The smallest absolute Gasteiger partial charge is 0.237 e. The zero-order valence-corrected chi connectivity index (χ0v) is 10.3. The number of hydrogen-bond acceptors (Lipinski definition) is 3. The molecule has 0 fully saturated rings. The number of amides is 1. The first-order valence-electron chi connectivity index (χ1n) is 5.72. The molecular weight excluding hydrogens is 216 g/mol. The number of hydrogen-bond donors (Lipinski definition) is 2. The summed E-state index contributed by atoms with van der Waals surface area (Å²) in [5.74, 6) is -0.140. The summed E-state index contributed by atoms with van der Waals surface area (Å²) in [5, 5.41) is 2.81. The number of nitrogens with two attached hydrogens (primary N) is 1. The molecular formula is C13H20N2O2. The highest BCUT2D eigenvalue weighted by molar-refractivity contribution is 5.82. The number of ether oxygens (including phenoxy) is 1. The molecule has 17 heavy (non-hydrogen) atoms. The monoisotopic (exact) mass is 236 g/mol. The Bertz CT molecular complexity index is 341. The summed E-state index contributed by atoms with van der Waals surface area (Å²) in [6, 6.07) is 9.21. The summed E-state index contributed by atoms with van der Waals surface area (Å²) in [4.78, 5) is 11.7. The number of carbonyl (C=O) groups excluding carboxylic acids is 1. The first kappa shape index (κ1) is 13.7. The van der Waals surface area contributed by atoms with Crippen molar-refractivity contribution < 1.29 is 9.53 Å². The van der Waals surface area contributed by atoms with Crippen LogP contribution in [0.4, 0.5) is 0 Å². The molecule has 1 amide bonds. The summed E-state index contributed by atoms with van der Waals surface area (Å²) in [7, 11) is 1.60. The van der Waals surface area contributed by atoms with Crippen molar-refractivity contribution in [2.45, 2.75) is 25.4 Å². The van der Waals surface area contributed by atoms with E-state index < -0.39 is 6.04 Å². The van der Waals surface area contributed by atoms with Crippen molar-refractivity contribution in [3.8, 4) is 0 Å². The first-order chi connectivity index (χ1) is 8.13. The van der Waals surface area contributed by atoms with E-state index >= 15 is 0 Å². The molecule has 0 saturated heterocycles. The molecule has 3 N–H and O–H groups in total. The van der Waals surface area contributed by atoms with Crippen molar-refractivity contribution in [3.63, 3.8) is 0 Å². The quantitative estimate of drug-likeness (QED) is 0.764. The highest BCUT2D eigenvalue weighted by Gasteiger charge is 2.15. The van der Waals surface area contributed by atoms with Crippen LogP contribution in [-0.4, -0.2) is 31.7 Å². The minimum atomic E-state index is -0.517. The molecule has 94 valence electrons. The van der Waals surface area contributed by atoms with Gasteiger partial charge in [-0.05, 0) is 18.9 Å². The Labute approximate surface area is 102 Å². The van der Waals surface area contributed by atoms with Gasteiger partial charge in [0, 0.05) is 13.2 Å². The highest BCUT2D eigenvalue weighted by Crippen LogP contribution is 2.02. The van der Waals surface area contributed by atoms with Crippen LogP contribution in [0.3, 0.4) is 0 Å². The van der Waals surface area contributed by atoms with Crippen molar-refractivity contribution in [2.75, 3.05) is 13.7 Å². The largest absolute Gasteiger partial charge is 0.383 e. The fraction of sp³-hybridized carbons (Fsp3) is 0.462. The van der Waals surface area contributed by atoms with Gasteiger partial charge in [0.05, 0.1) is 12.6 Å². The zero-order valence-electron chi connectivity index (χ0n) is 10.3. The number of benzene rings is 1. The molecule has 1 rings (SSSR count). The van der Waals surface area contributed by atoms with Crippen LogP contribution < -0.4 is 11.1 Å². The molecule has 4 heteroatoms. The molecule has 1 aromatic carbocycles. The molecule has 0 spiro atoms. The third-order valence-corrected chi connectivity index (χ3v) is 2.44. The van der Waals surface area contributed by atoms with Crippen LogP contribution in [0.1, 0.15) is 12.5 Å². The van der Waals surface area contributed by atoms with Crippen LogP contribution in [0.5, 0.6) is 0 Å². The average Bonchev–Trinajstić information content (AvgIpc) is 2.30. The molecule has 1 unspecified atom stereocenters. The Kier molecular flexibility index (Phi) is 5.66. The summed E-state index contributed by atoms with van der Waals surface area (Å²) in [6.07, 6.45) is 0.548. The van der Waals surface area contributed by atoms with Crippen molar-refractivity contribution >= 4 is 5.91 Å². The van der Waals surface area contributed by atoms with E-state index in [0.717, 1.165) is 5.56 Å². The lowest BCUT2D eigenvalue weighted by molar-refractivity contribution is -0.123. The zero-order chi connectivity index (χ0) is 12.7. The predicted octanol–water partition coefficient (Wildman–Crippen LogP) is 0.708. The van der Waals surface area contributed by atoms with Crippen molar-refractivity contribution in [1.29, 1.82) is 0 Å². The summed E-state index contributed by atoms with van der Waals surface area (Å²) >= 11 is 0. The fourth-order valence-electron chi connectivity index (χ4n) is 1.60. The maximum Gasteiger partial charge on any atom is 0.237 e. The van der Waals surface area contributed by atoms with Gasteiger partial charge >= 0.3 is 0 Å². The van der Waals surface area contributed by atoms with Gasteiger partial charge in [-0.15, -0.1) is 0 Å². The third kappa shape index (κ3) is 4.97. The van der Waals surface area contributed by atoms with E-state index in [-0.39, 0.29) is 11.9 Å². The SMILES string of the molecule is COCC(C)NC(=O)[C@H](N)Cc1ccccc1. The number of nitrogens with one attached hydrogen (secondary N) is 1. The maximum absolute atomic E-state index is 11.7. The van der Waals surface area contributed by atoms with E-state index in [1.807, 2.05) is 37.3 Å². The molecule has 4 nitrogen and oxygen atoms in total. The molecule has 0 aromatic heterocycles. The predicted molar refractivity (Wildman–Crippen MR) is 67.6 cm³/mol. The van der Waals surface area contributed by atoms with Crippen LogP contribution in [-0.2, 0) is 16.0 Å². The minimum absolute atomic E-state index is 0.0191. The summed E-state index contributed by atoms with van der Waals surface area (Å²) < 4.78 is 4.95. The van der Waals surface area contributed by atoms with Gasteiger partial charge in [-0.2, -0.15) is 0 Å². The lowest BCUT2D eigenvalue weighted by atomic mass is 10.1. The minimum Gasteiger partial charge on any atom is -0.383 e. The van der Waals surface area contributed by atoms with E-state index in [1.54, 1.807) is 7.11 Å². The molecule has 0 bridgehead atoms. The second-order valence-electron chi connectivity index (χ2n) is 4.16. The Morgan fingerprint density at radius 1 is 1.41 bits per heavy atom. The van der Waals surface area contributed by atoms with Gasteiger partial charge in [-0.3, -0.25) is 4.79 Å². The summed E-state index contributed by atoms with van der Waals surface area (Å²) in [6.45, 7) is 2.38. The topological polar surface area (TPSA) is 64.3 Å². The lowest BCUT2D eigenvalue weighted by Gasteiger charge is -2.16. The number of carbonyl (C=O) groups is 1. The fourth-order valence-corrected chi connectivity index (χ4v) is 1.60. The maximum atomic E-state index is 11.7. The normalized spacial score (nSPS) is 14.1. The number of rotatable bonds is 6. The van der Waals surface area contributed by atoms with Gasteiger partial charge in [-0.1, -0.05) is 30.3 Å². The molecule has 2 atom stereocenters. The van der Waals surface area contributed by atoms with E-state index in [4.69, 9.17) is 10.5 Å². The lowest BCUT2D eigenvalue weighted by Crippen LogP contribution is -2.46. The molecule has 0 aliphatic rings. The van der Waals surface area contributed by atoms with Gasteiger partial charge < -0.3 is 15.8 Å². The van der Waals surface area contributed by atoms with Gasteiger partial charge in [0.15, 0.2) is 0 Å². The average molecular weight is 236 g/mol. The Morgan fingerprint density at radius 3 is 2.65 bits per heavy atom. The molecule has 0 heterocycles. The molecule has 0 aliphatic heterocycles. The van der Waals surface area contributed by atoms with E-state index in [0.29, 0.717) is 13.0 Å². The van der Waals surface area contributed by atoms with Gasteiger partial charge in [0.1, 0.15) is 0 Å². The van der Waals surface area contributed by atoms with E-state index in [1.165, 1.54) is 0 Å². The van der Waals surface area contributed by atoms with Crippen molar-refractivity contribution in [1.82, 2.24) is 5.32 Å². The third-order valence-electron chi connectivity index (χ3n) is 2.44. The molecule has 0 aliphatic carbocycles. The molecule has 0 saturated carbocycles. The summed E-state index contributed by atoms with van der Waals surface area (Å²) in [5.41, 5.74) is 6.91. The Balaban J connectivity index is 2.42. The highest BCUT2D eigenvalue weighted by atomic mass is 16.5. The van der Waals surface area contributed by atoms with E-state index in [2.05, 4.69) is 5.32 Å². The standard InChI is InChI=1S/C13H20N2O2/c1-10(9-17-2)15-13(16)12(14)8-11-6-4-3-5-7-11/h3-7,10,12H,8-9,14H2,1-2H3,(H,15,16)/t10?,12-/m1/s1. The first-order valence-corrected chi connectivity index (χ1v) is 5.72. The van der Waals surface area contributed by atoms with Crippen molar-refractivity contribution in [3.05, 3.63) is 35.9 Å². The van der Waals surface area contributed by atoms with Gasteiger partial charge in [-0.25, -0.2) is 0 Å². The molecule has 1 aromatic rings. The van der Waals surface area contributed by atoms with E-state index in [9.17, 15) is 4.79 Å². The second-order valence-corrected chi connectivity index (χ2v) is 4.16.